The van der Waals surface area contributed by atoms with E-state index in [1.54, 1.807) is 0 Å². The second-order valence-corrected chi connectivity index (χ2v) is 5.49. The number of hydrogen-bond donors (Lipinski definition) is 1. The number of hydrogen-bond acceptors (Lipinski definition) is 3. The molecule has 1 aliphatic heterocycles. The molecule has 4 heteroatoms. The Balaban J connectivity index is 0.00000176. The van der Waals surface area contributed by atoms with Gasteiger partial charge in [-0.05, 0) is 43.0 Å². The molecule has 0 fully saturated rings. The molecule has 0 saturated carbocycles. The van der Waals surface area contributed by atoms with Crippen LogP contribution < -0.4 is 14.8 Å². The Kier molecular flexibility index (Phi) is 6.10. The van der Waals surface area contributed by atoms with Crippen molar-refractivity contribution < 1.29 is 9.47 Å². The third-order valence-corrected chi connectivity index (χ3v) is 3.80. The van der Waals surface area contributed by atoms with Gasteiger partial charge >= 0.3 is 0 Å². The zero-order chi connectivity index (χ0) is 14.5. The van der Waals surface area contributed by atoms with Crippen molar-refractivity contribution >= 4 is 12.4 Å². The number of rotatable bonds is 6. The Morgan fingerprint density at radius 1 is 1.00 bits per heavy atom. The van der Waals surface area contributed by atoms with E-state index in [-0.39, 0.29) is 12.4 Å². The minimum Gasteiger partial charge on any atom is -0.454 e. The molecule has 2 aromatic carbocycles. The maximum atomic E-state index is 5.41. The molecule has 1 N–H and O–H groups in total. The average Bonchev–Trinajstić information content (AvgIpc) is 2.99. The van der Waals surface area contributed by atoms with E-state index in [9.17, 15) is 0 Å². The van der Waals surface area contributed by atoms with Crippen molar-refractivity contribution in [1.29, 1.82) is 0 Å². The zero-order valence-electron chi connectivity index (χ0n) is 12.7. The van der Waals surface area contributed by atoms with E-state index in [4.69, 9.17) is 9.47 Å². The number of halogens is 1. The molecule has 22 heavy (non-hydrogen) atoms. The van der Waals surface area contributed by atoms with Gasteiger partial charge in [-0.3, -0.25) is 0 Å². The third-order valence-electron chi connectivity index (χ3n) is 3.80. The second-order valence-electron chi connectivity index (χ2n) is 5.49. The van der Waals surface area contributed by atoms with Gasteiger partial charge in [0.25, 0.3) is 0 Å². The van der Waals surface area contributed by atoms with Gasteiger partial charge in [-0.2, -0.15) is 0 Å². The van der Waals surface area contributed by atoms with Gasteiger partial charge in [0.2, 0.25) is 6.79 Å². The third kappa shape index (κ3) is 4.39. The van der Waals surface area contributed by atoms with Crippen LogP contribution in [0.4, 0.5) is 0 Å². The van der Waals surface area contributed by atoms with Crippen LogP contribution in [0.2, 0.25) is 0 Å². The maximum absolute atomic E-state index is 5.41. The largest absolute Gasteiger partial charge is 0.454 e. The first-order valence-electron chi connectivity index (χ1n) is 7.47. The van der Waals surface area contributed by atoms with Crippen molar-refractivity contribution in [2.24, 2.45) is 0 Å². The molecule has 0 aliphatic carbocycles. The number of nitrogens with one attached hydrogen (secondary N) is 1. The molecule has 1 aliphatic rings. The molecule has 1 unspecified atom stereocenters. The smallest absolute Gasteiger partial charge is 0.231 e. The fourth-order valence-corrected chi connectivity index (χ4v) is 2.47. The summed E-state index contributed by atoms with van der Waals surface area (Å²) in [6.45, 7) is 3.49. The van der Waals surface area contributed by atoms with Crippen LogP contribution in [0, 0.1) is 0 Å². The summed E-state index contributed by atoms with van der Waals surface area (Å²) in [6, 6.07) is 17.2. The molecular weight excluding hydrogens is 298 g/mol. The van der Waals surface area contributed by atoms with Gasteiger partial charge in [0.05, 0.1) is 0 Å². The van der Waals surface area contributed by atoms with Crippen LogP contribution in [0.1, 0.15) is 24.5 Å². The fraction of sp³-hybridized carbons (Fsp3) is 0.333. The molecule has 1 heterocycles. The van der Waals surface area contributed by atoms with Crippen LogP contribution >= 0.6 is 12.4 Å². The van der Waals surface area contributed by atoms with Gasteiger partial charge in [0, 0.05) is 12.6 Å². The molecule has 1 atom stereocenters. The standard InChI is InChI=1S/C18H21NO2.ClH/c1-14(19-12-16-5-3-2-4-6-16)7-8-15-9-10-17-18(11-15)21-13-20-17;/h2-6,9-11,14,19H,7-8,12-13H2,1H3;1H. The molecule has 0 saturated heterocycles. The number of fused-ring (bicyclic) bond motifs is 1. The van der Waals surface area contributed by atoms with Crippen molar-refractivity contribution in [2.75, 3.05) is 6.79 Å². The first-order chi connectivity index (χ1) is 10.3. The summed E-state index contributed by atoms with van der Waals surface area (Å²) in [6.07, 6.45) is 2.14. The van der Waals surface area contributed by atoms with E-state index in [2.05, 4.69) is 48.6 Å². The lowest BCUT2D eigenvalue weighted by atomic mass is 10.1. The molecule has 0 spiro atoms. The molecule has 0 radical (unpaired) electrons. The highest BCUT2D eigenvalue weighted by Gasteiger charge is 2.13. The van der Waals surface area contributed by atoms with Crippen LogP contribution in [0.15, 0.2) is 48.5 Å². The Hall–Kier alpha value is -1.71. The molecule has 118 valence electrons. The van der Waals surface area contributed by atoms with E-state index in [0.717, 1.165) is 30.9 Å². The minimum absolute atomic E-state index is 0. The van der Waals surface area contributed by atoms with Crippen molar-refractivity contribution in [3.8, 4) is 11.5 Å². The first kappa shape index (κ1) is 16.7. The quantitative estimate of drug-likeness (QED) is 0.874. The highest BCUT2D eigenvalue weighted by atomic mass is 35.5. The normalized spacial score (nSPS) is 13.5. The Labute approximate surface area is 138 Å². The maximum Gasteiger partial charge on any atom is 0.231 e. The summed E-state index contributed by atoms with van der Waals surface area (Å²) in [7, 11) is 0. The van der Waals surface area contributed by atoms with E-state index in [0.29, 0.717) is 12.8 Å². The van der Waals surface area contributed by atoms with Crippen LogP contribution in [-0.2, 0) is 13.0 Å². The van der Waals surface area contributed by atoms with Crippen LogP contribution in [0.3, 0.4) is 0 Å². The number of ether oxygens (including phenoxy) is 2. The Bertz CT molecular complexity index is 589. The SMILES string of the molecule is CC(CCc1ccc2c(c1)OCO2)NCc1ccccc1.Cl. The van der Waals surface area contributed by atoms with Crippen LogP contribution in [0.25, 0.3) is 0 Å². The van der Waals surface area contributed by atoms with E-state index in [1.807, 2.05) is 12.1 Å². The Morgan fingerprint density at radius 3 is 2.59 bits per heavy atom. The zero-order valence-corrected chi connectivity index (χ0v) is 13.6. The lowest BCUT2D eigenvalue weighted by Gasteiger charge is -2.14. The van der Waals surface area contributed by atoms with Crippen molar-refractivity contribution in [3.63, 3.8) is 0 Å². The van der Waals surface area contributed by atoms with Gasteiger partial charge in [-0.1, -0.05) is 36.4 Å². The summed E-state index contributed by atoms with van der Waals surface area (Å²) in [5.74, 6) is 1.73. The average molecular weight is 320 g/mol. The molecule has 2 aromatic rings. The van der Waals surface area contributed by atoms with E-state index in [1.165, 1.54) is 11.1 Å². The van der Waals surface area contributed by atoms with Gasteiger partial charge in [-0.25, -0.2) is 0 Å². The lowest BCUT2D eigenvalue weighted by molar-refractivity contribution is 0.174. The summed E-state index contributed by atoms with van der Waals surface area (Å²) < 4.78 is 10.7. The summed E-state index contributed by atoms with van der Waals surface area (Å²) in [4.78, 5) is 0. The van der Waals surface area contributed by atoms with E-state index < -0.39 is 0 Å². The highest BCUT2D eigenvalue weighted by molar-refractivity contribution is 5.85. The van der Waals surface area contributed by atoms with E-state index >= 15 is 0 Å². The van der Waals surface area contributed by atoms with Crippen molar-refractivity contribution in [2.45, 2.75) is 32.4 Å². The van der Waals surface area contributed by atoms with Crippen LogP contribution in [0.5, 0.6) is 11.5 Å². The molecule has 0 amide bonds. The fourth-order valence-electron chi connectivity index (χ4n) is 2.47. The summed E-state index contributed by atoms with van der Waals surface area (Å²) in [5.41, 5.74) is 2.63. The molecular formula is C18H22ClNO2. The molecule has 3 rings (SSSR count). The van der Waals surface area contributed by atoms with Gasteiger partial charge in [0.1, 0.15) is 0 Å². The first-order valence-corrected chi connectivity index (χ1v) is 7.47. The monoisotopic (exact) mass is 319 g/mol. The molecule has 0 bridgehead atoms. The van der Waals surface area contributed by atoms with Crippen LogP contribution in [-0.4, -0.2) is 12.8 Å². The predicted octanol–water partition coefficient (Wildman–Crippen LogP) is 3.95. The topological polar surface area (TPSA) is 30.5 Å². The summed E-state index contributed by atoms with van der Waals surface area (Å²) >= 11 is 0. The molecule has 3 nitrogen and oxygen atoms in total. The van der Waals surface area contributed by atoms with Crippen molar-refractivity contribution in [1.82, 2.24) is 5.32 Å². The van der Waals surface area contributed by atoms with Crippen molar-refractivity contribution in [3.05, 3.63) is 59.7 Å². The lowest BCUT2D eigenvalue weighted by Crippen LogP contribution is -2.25. The summed E-state index contributed by atoms with van der Waals surface area (Å²) in [5, 5.41) is 3.57. The van der Waals surface area contributed by atoms with Gasteiger partial charge in [0.15, 0.2) is 11.5 Å². The van der Waals surface area contributed by atoms with Gasteiger partial charge in [-0.15, -0.1) is 12.4 Å². The minimum atomic E-state index is 0. The molecule has 0 aromatic heterocycles. The highest BCUT2D eigenvalue weighted by Crippen LogP contribution is 2.32. The Morgan fingerprint density at radius 2 is 1.77 bits per heavy atom. The second kappa shape index (κ2) is 8.06. The van der Waals surface area contributed by atoms with Gasteiger partial charge < -0.3 is 14.8 Å². The number of benzene rings is 2. The predicted molar refractivity (Wildman–Crippen MR) is 90.9 cm³/mol. The number of aryl methyl sites for hydroxylation is 1.